The standard InChI is InChI=1S/C11H17N3O2S.ClH/c12-4-3-10-14-9(7-17-10)11(15)13-8-2-1-5-16-6-8;/h7-8H,1-6,12H2,(H,13,15);1H. The summed E-state index contributed by atoms with van der Waals surface area (Å²) in [5.41, 5.74) is 5.93. The van der Waals surface area contributed by atoms with Crippen LogP contribution >= 0.6 is 23.7 Å². The van der Waals surface area contributed by atoms with Crippen LogP contribution in [0.5, 0.6) is 0 Å². The van der Waals surface area contributed by atoms with Gasteiger partial charge in [0, 0.05) is 18.4 Å². The molecule has 0 bridgehead atoms. The van der Waals surface area contributed by atoms with Gasteiger partial charge in [0.2, 0.25) is 0 Å². The molecule has 1 unspecified atom stereocenters. The lowest BCUT2D eigenvalue weighted by Gasteiger charge is -2.22. The van der Waals surface area contributed by atoms with Gasteiger partial charge in [-0.3, -0.25) is 4.79 Å². The molecule has 0 aromatic carbocycles. The number of carbonyl (C=O) groups is 1. The number of amides is 1. The van der Waals surface area contributed by atoms with Gasteiger partial charge in [-0.25, -0.2) is 4.98 Å². The van der Waals surface area contributed by atoms with Gasteiger partial charge >= 0.3 is 0 Å². The van der Waals surface area contributed by atoms with E-state index in [0.29, 0.717) is 18.8 Å². The van der Waals surface area contributed by atoms with Crippen molar-refractivity contribution < 1.29 is 9.53 Å². The van der Waals surface area contributed by atoms with Crippen molar-refractivity contribution in [1.82, 2.24) is 10.3 Å². The third-order valence-corrected chi connectivity index (χ3v) is 3.55. The van der Waals surface area contributed by atoms with Crippen LogP contribution < -0.4 is 11.1 Å². The number of aromatic nitrogens is 1. The number of hydrogen-bond acceptors (Lipinski definition) is 5. The molecule has 3 N–H and O–H groups in total. The van der Waals surface area contributed by atoms with Gasteiger partial charge in [0.05, 0.1) is 17.7 Å². The molecule has 2 rings (SSSR count). The molecule has 102 valence electrons. The number of ether oxygens (including phenoxy) is 1. The summed E-state index contributed by atoms with van der Waals surface area (Å²) in [6.07, 6.45) is 2.70. The number of thiazole rings is 1. The summed E-state index contributed by atoms with van der Waals surface area (Å²) < 4.78 is 5.31. The maximum Gasteiger partial charge on any atom is 0.271 e. The number of nitrogens with zero attached hydrogens (tertiary/aromatic N) is 1. The largest absolute Gasteiger partial charge is 0.379 e. The molecule has 0 radical (unpaired) electrons. The normalized spacial score (nSPS) is 19.1. The van der Waals surface area contributed by atoms with E-state index in [9.17, 15) is 4.79 Å². The number of hydrogen-bond donors (Lipinski definition) is 2. The van der Waals surface area contributed by atoms with E-state index in [0.717, 1.165) is 30.9 Å². The molecule has 1 aromatic rings. The maximum absolute atomic E-state index is 11.9. The predicted molar refractivity (Wildman–Crippen MR) is 73.4 cm³/mol. The molecule has 1 amide bonds. The van der Waals surface area contributed by atoms with Crippen LogP contribution in [0, 0.1) is 0 Å². The molecular weight excluding hydrogens is 274 g/mol. The van der Waals surface area contributed by atoms with Crippen molar-refractivity contribution in [2.24, 2.45) is 5.73 Å². The van der Waals surface area contributed by atoms with Crippen molar-refractivity contribution in [3.8, 4) is 0 Å². The highest BCUT2D eigenvalue weighted by molar-refractivity contribution is 7.09. The fraction of sp³-hybridized carbons (Fsp3) is 0.636. The minimum Gasteiger partial charge on any atom is -0.379 e. The van der Waals surface area contributed by atoms with Crippen molar-refractivity contribution in [3.05, 3.63) is 16.1 Å². The van der Waals surface area contributed by atoms with Gasteiger partial charge in [0.1, 0.15) is 5.69 Å². The Morgan fingerprint density at radius 2 is 2.50 bits per heavy atom. The highest BCUT2D eigenvalue weighted by Gasteiger charge is 2.18. The Labute approximate surface area is 117 Å². The van der Waals surface area contributed by atoms with Crippen LogP contribution in [0.4, 0.5) is 0 Å². The number of carbonyl (C=O) groups excluding carboxylic acids is 1. The van der Waals surface area contributed by atoms with Crippen LogP contribution in [-0.2, 0) is 11.2 Å². The number of nitrogens with two attached hydrogens (primary N) is 1. The molecule has 1 aliphatic heterocycles. The van der Waals surface area contributed by atoms with Crippen molar-refractivity contribution in [3.63, 3.8) is 0 Å². The molecule has 2 heterocycles. The van der Waals surface area contributed by atoms with Crippen LogP contribution in [0.1, 0.15) is 28.3 Å². The first-order chi connectivity index (χ1) is 8.29. The molecule has 7 heteroatoms. The Balaban J connectivity index is 0.00000162. The van der Waals surface area contributed by atoms with Gasteiger partial charge in [-0.05, 0) is 19.4 Å². The molecular formula is C11H18ClN3O2S. The monoisotopic (exact) mass is 291 g/mol. The zero-order chi connectivity index (χ0) is 12.1. The summed E-state index contributed by atoms with van der Waals surface area (Å²) in [4.78, 5) is 16.1. The predicted octanol–water partition coefficient (Wildman–Crippen LogP) is 0.975. The van der Waals surface area contributed by atoms with Gasteiger partial charge < -0.3 is 15.8 Å². The lowest BCUT2D eigenvalue weighted by molar-refractivity contribution is 0.0622. The van der Waals surface area contributed by atoms with Gasteiger partial charge in [0.25, 0.3) is 5.91 Å². The molecule has 1 fully saturated rings. The Morgan fingerprint density at radius 3 is 3.17 bits per heavy atom. The molecule has 1 saturated heterocycles. The molecule has 0 spiro atoms. The van der Waals surface area contributed by atoms with Crippen molar-refractivity contribution in [2.75, 3.05) is 19.8 Å². The van der Waals surface area contributed by atoms with E-state index in [1.54, 1.807) is 5.38 Å². The van der Waals surface area contributed by atoms with Gasteiger partial charge in [-0.15, -0.1) is 23.7 Å². The maximum atomic E-state index is 11.9. The summed E-state index contributed by atoms with van der Waals surface area (Å²) in [6.45, 7) is 1.96. The van der Waals surface area contributed by atoms with E-state index in [2.05, 4.69) is 10.3 Å². The average molecular weight is 292 g/mol. The lowest BCUT2D eigenvalue weighted by atomic mass is 10.1. The van der Waals surface area contributed by atoms with Crippen LogP contribution in [-0.4, -0.2) is 36.7 Å². The van der Waals surface area contributed by atoms with Gasteiger partial charge in [-0.1, -0.05) is 0 Å². The van der Waals surface area contributed by atoms with Gasteiger partial charge in [0.15, 0.2) is 0 Å². The first-order valence-corrected chi connectivity index (χ1v) is 6.70. The Kier molecular flexibility index (Phi) is 6.56. The lowest BCUT2D eigenvalue weighted by Crippen LogP contribution is -2.40. The summed E-state index contributed by atoms with van der Waals surface area (Å²) in [6, 6.07) is 0.121. The number of rotatable bonds is 4. The topological polar surface area (TPSA) is 77.2 Å². The summed E-state index contributed by atoms with van der Waals surface area (Å²) >= 11 is 1.48. The fourth-order valence-electron chi connectivity index (χ4n) is 1.77. The first-order valence-electron chi connectivity index (χ1n) is 5.82. The third-order valence-electron chi connectivity index (χ3n) is 2.64. The van der Waals surface area contributed by atoms with Crippen LogP contribution in [0.25, 0.3) is 0 Å². The van der Waals surface area contributed by atoms with E-state index in [-0.39, 0.29) is 24.4 Å². The third kappa shape index (κ3) is 4.20. The van der Waals surface area contributed by atoms with E-state index in [4.69, 9.17) is 10.5 Å². The highest BCUT2D eigenvalue weighted by atomic mass is 35.5. The highest BCUT2D eigenvalue weighted by Crippen LogP contribution is 2.11. The quantitative estimate of drug-likeness (QED) is 0.867. The van der Waals surface area contributed by atoms with Crippen LogP contribution in [0.2, 0.25) is 0 Å². The van der Waals surface area contributed by atoms with Crippen molar-refractivity contribution in [1.29, 1.82) is 0 Å². The zero-order valence-electron chi connectivity index (χ0n) is 10.1. The Morgan fingerprint density at radius 1 is 1.67 bits per heavy atom. The van der Waals surface area contributed by atoms with E-state index in [1.807, 2.05) is 0 Å². The average Bonchev–Trinajstić information content (AvgIpc) is 2.79. The molecule has 18 heavy (non-hydrogen) atoms. The zero-order valence-corrected chi connectivity index (χ0v) is 11.7. The Hall–Kier alpha value is -0.690. The fourth-order valence-corrected chi connectivity index (χ4v) is 2.56. The summed E-state index contributed by atoms with van der Waals surface area (Å²) in [5.74, 6) is -0.111. The van der Waals surface area contributed by atoms with Crippen molar-refractivity contribution >= 4 is 29.7 Å². The molecule has 1 atom stereocenters. The first kappa shape index (κ1) is 15.4. The van der Waals surface area contributed by atoms with E-state index >= 15 is 0 Å². The number of nitrogens with one attached hydrogen (secondary N) is 1. The van der Waals surface area contributed by atoms with E-state index in [1.165, 1.54) is 11.3 Å². The molecule has 0 aliphatic carbocycles. The summed E-state index contributed by atoms with van der Waals surface area (Å²) in [7, 11) is 0. The van der Waals surface area contributed by atoms with Gasteiger partial charge in [-0.2, -0.15) is 0 Å². The molecule has 1 aromatic heterocycles. The Bertz CT molecular complexity index is 380. The second-order valence-corrected chi connectivity index (χ2v) is 5.00. The summed E-state index contributed by atoms with van der Waals surface area (Å²) in [5, 5.41) is 5.64. The minimum atomic E-state index is -0.111. The second kappa shape index (κ2) is 7.68. The van der Waals surface area contributed by atoms with Crippen LogP contribution in [0.15, 0.2) is 5.38 Å². The molecule has 5 nitrogen and oxygen atoms in total. The number of halogens is 1. The van der Waals surface area contributed by atoms with Crippen LogP contribution in [0.3, 0.4) is 0 Å². The molecule has 1 aliphatic rings. The second-order valence-electron chi connectivity index (χ2n) is 4.05. The smallest absolute Gasteiger partial charge is 0.271 e. The van der Waals surface area contributed by atoms with Crippen molar-refractivity contribution in [2.45, 2.75) is 25.3 Å². The minimum absolute atomic E-state index is 0. The van der Waals surface area contributed by atoms with E-state index < -0.39 is 0 Å². The SMILES string of the molecule is Cl.NCCc1nc(C(=O)NC2CCCOC2)cs1. The molecule has 0 saturated carbocycles.